The van der Waals surface area contributed by atoms with Gasteiger partial charge in [0.2, 0.25) is 5.88 Å². The largest absolute Gasteiger partial charge is 0.481 e. The van der Waals surface area contributed by atoms with Crippen molar-refractivity contribution < 1.29 is 23.4 Å². The average molecular weight is 446 g/mol. The summed E-state index contributed by atoms with van der Waals surface area (Å²) in [6.07, 6.45) is 3.71. The Balaban J connectivity index is 1.39. The van der Waals surface area contributed by atoms with E-state index in [1.54, 1.807) is 17.0 Å². The van der Waals surface area contributed by atoms with Gasteiger partial charge in [-0.3, -0.25) is 4.79 Å². The van der Waals surface area contributed by atoms with E-state index in [0.29, 0.717) is 42.8 Å². The van der Waals surface area contributed by atoms with E-state index in [4.69, 9.17) is 4.74 Å². The number of ether oxygens (including phenoxy) is 1. The molecule has 2 N–H and O–H groups in total. The maximum absolute atomic E-state index is 13.4. The van der Waals surface area contributed by atoms with Crippen LogP contribution < -0.4 is 15.0 Å². The Morgan fingerprint density at radius 2 is 1.97 bits per heavy atom. The molecule has 0 amide bonds. The minimum Gasteiger partial charge on any atom is -0.481 e. The first-order chi connectivity index (χ1) is 15.4. The molecule has 8 heteroatoms. The van der Waals surface area contributed by atoms with Crippen LogP contribution in [0.15, 0.2) is 42.5 Å². The van der Waals surface area contributed by atoms with Gasteiger partial charge in [-0.15, -0.1) is 0 Å². The number of alkyl halides is 2. The van der Waals surface area contributed by atoms with Gasteiger partial charge in [-0.2, -0.15) is 0 Å². The van der Waals surface area contributed by atoms with E-state index in [1.807, 2.05) is 30.3 Å². The standard InChI is InChI=1S/C24H29F2N3O3/c25-24(26)15-29(16-24)21-11-10-20(28-23(21)32-14-18-6-7-18)13-27-19(12-22(30)31)9-8-17-4-2-1-3-5-17/h1-5,10-11,18-19,27H,6-9,12-16H2,(H,30,31). The Bertz CT molecular complexity index is 914. The molecule has 172 valence electrons. The van der Waals surface area contributed by atoms with E-state index in [1.165, 1.54) is 0 Å². The first-order valence-electron chi connectivity index (χ1n) is 11.1. The van der Waals surface area contributed by atoms with Gasteiger partial charge in [-0.1, -0.05) is 30.3 Å². The summed E-state index contributed by atoms with van der Waals surface area (Å²) in [6, 6.07) is 13.3. The number of halogens is 2. The van der Waals surface area contributed by atoms with Crippen LogP contribution >= 0.6 is 0 Å². The molecule has 2 heterocycles. The van der Waals surface area contributed by atoms with Gasteiger partial charge in [-0.25, -0.2) is 13.8 Å². The van der Waals surface area contributed by atoms with Gasteiger partial charge in [0.1, 0.15) is 5.69 Å². The number of nitrogens with zero attached hydrogens (tertiary/aromatic N) is 2. The van der Waals surface area contributed by atoms with Crippen molar-refractivity contribution in [2.75, 3.05) is 24.6 Å². The SMILES string of the molecule is O=C(O)CC(CCc1ccccc1)NCc1ccc(N2CC(F)(F)C2)c(OCC2CC2)n1. The summed E-state index contributed by atoms with van der Waals surface area (Å²) < 4.78 is 32.6. The van der Waals surface area contributed by atoms with Gasteiger partial charge in [0.05, 0.1) is 31.8 Å². The monoisotopic (exact) mass is 445 g/mol. The second kappa shape index (κ2) is 9.81. The third-order valence-corrected chi connectivity index (χ3v) is 5.85. The number of rotatable bonds is 12. The Labute approximate surface area is 186 Å². The highest BCUT2D eigenvalue weighted by Gasteiger charge is 2.45. The summed E-state index contributed by atoms with van der Waals surface area (Å²) >= 11 is 0. The molecule has 0 radical (unpaired) electrons. The number of aryl methyl sites for hydroxylation is 1. The lowest BCUT2D eigenvalue weighted by Crippen LogP contribution is -2.56. The smallest absolute Gasteiger partial charge is 0.304 e. The molecular formula is C24H29F2N3O3. The zero-order valence-corrected chi connectivity index (χ0v) is 18.0. The van der Waals surface area contributed by atoms with Gasteiger partial charge >= 0.3 is 5.97 Å². The van der Waals surface area contributed by atoms with Crippen molar-refractivity contribution in [2.24, 2.45) is 5.92 Å². The fourth-order valence-corrected chi connectivity index (χ4v) is 3.80. The average Bonchev–Trinajstić information content (AvgIpc) is 3.57. The van der Waals surface area contributed by atoms with Crippen LogP contribution in [0.2, 0.25) is 0 Å². The van der Waals surface area contributed by atoms with Crippen molar-refractivity contribution in [3.63, 3.8) is 0 Å². The Morgan fingerprint density at radius 3 is 2.62 bits per heavy atom. The van der Waals surface area contributed by atoms with Crippen LogP contribution in [-0.2, 0) is 17.8 Å². The van der Waals surface area contributed by atoms with Crippen LogP contribution in [0.25, 0.3) is 0 Å². The number of hydrogen-bond donors (Lipinski definition) is 2. The number of carboxylic acid groups (broad SMARTS) is 1. The number of anilines is 1. The van der Waals surface area contributed by atoms with Crippen molar-refractivity contribution >= 4 is 11.7 Å². The number of carbonyl (C=O) groups is 1. The van der Waals surface area contributed by atoms with Crippen LogP contribution in [0.5, 0.6) is 5.88 Å². The van der Waals surface area contributed by atoms with Crippen molar-refractivity contribution in [1.82, 2.24) is 10.3 Å². The molecule has 0 spiro atoms. The van der Waals surface area contributed by atoms with Crippen molar-refractivity contribution in [1.29, 1.82) is 0 Å². The van der Waals surface area contributed by atoms with Crippen LogP contribution in [0.1, 0.15) is 36.9 Å². The number of pyridine rings is 1. The predicted octanol–water partition coefficient (Wildman–Crippen LogP) is 3.89. The van der Waals surface area contributed by atoms with Crippen LogP contribution in [0.4, 0.5) is 14.5 Å². The summed E-state index contributed by atoms with van der Waals surface area (Å²) in [5.74, 6) is -2.63. The molecule has 32 heavy (non-hydrogen) atoms. The first kappa shape index (κ1) is 22.5. The van der Waals surface area contributed by atoms with E-state index in [2.05, 4.69) is 10.3 Å². The molecule has 1 unspecified atom stereocenters. The van der Waals surface area contributed by atoms with Crippen molar-refractivity contribution in [2.45, 2.75) is 50.6 Å². The molecule has 0 bridgehead atoms. The number of aromatic nitrogens is 1. The minimum atomic E-state index is -2.67. The normalized spacial score (nSPS) is 18.1. The molecule has 1 saturated heterocycles. The van der Waals surface area contributed by atoms with Crippen molar-refractivity contribution in [3.05, 3.63) is 53.7 Å². The van der Waals surface area contributed by atoms with Gasteiger partial charge in [0.25, 0.3) is 5.92 Å². The van der Waals surface area contributed by atoms with E-state index in [9.17, 15) is 18.7 Å². The quantitative estimate of drug-likeness (QED) is 0.516. The molecule has 1 saturated carbocycles. The Hall–Kier alpha value is -2.74. The van der Waals surface area contributed by atoms with Crippen molar-refractivity contribution in [3.8, 4) is 5.88 Å². The zero-order chi connectivity index (χ0) is 22.6. The topological polar surface area (TPSA) is 74.7 Å². The fourth-order valence-electron chi connectivity index (χ4n) is 3.80. The molecule has 1 aromatic carbocycles. The summed E-state index contributed by atoms with van der Waals surface area (Å²) in [4.78, 5) is 17.5. The molecule has 4 rings (SSSR count). The second-order valence-corrected chi connectivity index (χ2v) is 8.79. The van der Waals surface area contributed by atoms with Gasteiger partial charge in [0.15, 0.2) is 0 Å². The number of carboxylic acids is 1. The van der Waals surface area contributed by atoms with E-state index in [0.717, 1.165) is 24.8 Å². The molecule has 2 aliphatic rings. The number of aliphatic carboxylic acids is 1. The molecule has 6 nitrogen and oxygen atoms in total. The molecule has 1 aliphatic carbocycles. The van der Waals surface area contributed by atoms with E-state index in [-0.39, 0.29) is 25.6 Å². The van der Waals surface area contributed by atoms with Crippen LogP contribution in [0, 0.1) is 5.92 Å². The van der Waals surface area contributed by atoms with Crippen LogP contribution in [-0.4, -0.2) is 47.7 Å². The maximum Gasteiger partial charge on any atom is 0.304 e. The molecular weight excluding hydrogens is 416 g/mol. The third kappa shape index (κ3) is 6.38. The Morgan fingerprint density at radius 1 is 1.22 bits per heavy atom. The lowest BCUT2D eigenvalue weighted by atomic mass is 10.0. The van der Waals surface area contributed by atoms with E-state index >= 15 is 0 Å². The lowest BCUT2D eigenvalue weighted by Gasteiger charge is -2.40. The first-order valence-corrected chi connectivity index (χ1v) is 11.1. The zero-order valence-electron chi connectivity index (χ0n) is 18.0. The molecule has 1 aromatic heterocycles. The summed E-state index contributed by atoms with van der Waals surface area (Å²) in [7, 11) is 0. The summed E-state index contributed by atoms with van der Waals surface area (Å²) in [6.45, 7) is 0.265. The molecule has 2 aromatic rings. The Kier molecular flexibility index (Phi) is 6.89. The number of hydrogen-bond acceptors (Lipinski definition) is 5. The van der Waals surface area contributed by atoms with Gasteiger partial charge in [-0.05, 0) is 49.3 Å². The molecule has 1 atom stereocenters. The number of benzene rings is 1. The minimum absolute atomic E-state index is 0.0127. The van der Waals surface area contributed by atoms with Gasteiger partial charge in [0, 0.05) is 12.6 Å². The number of nitrogens with one attached hydrogen (secondary N) is 1. The maximum atomic E-state index is 13.4. The molecule has 2 fully saturated rings. The highest BCUT2D eigenvalue weighted by atomic mass is 19.3. The summed E-state index contributed by atoms with van der Waals surface area (Å²) in [5.41, 5.74) is 2.45. The molecule has 1 aliphatic heterocycles. The predicted molar refractivity (Wildman–Crippen MR) is 117 cm³/mol. The highest BCUT2D eigenvalue weighted by Crippen LogP contribution is 2.37. The van der Waals surface area contributed by atoms with Gasteiger partial charge < -0.3 is 20.1 Å². The van der Waals surface area contributed by atoms with E-state index < -0.39 is 11.9 Å². The highest BCUT2D eigenvalue weighted by molar-refractivity contribution is 5.67. The lowest BCUT2D eigenvalue weighted by molar-refractivity contribution is -0.137. The fraction of sp³-hybridized carbons (Fsp3) is 0.500. The third-order valence-electron chi connectivity index (χ3n) is 5.85. The summed E-state index contributed by atoms with van der Waals surface area (Å²) in [5, 5.41) is 12.6. The van der Waals surface area contributed by atoms with Crippen LogP contribution in [0.3, 0.4) is 0 Å². The second-order valence-electron chi connectivity index (χ2n) is 8.79.